The van der Waals surface area contributed by atoms with Crippen molar-refractivity contribution in [3.05, 3.63) is 27.3 Å². The molecule has 0 atom stereocenters. The highest BCUT2D eigenvalue weighted by molar-refractivity contribution is 14.1. The van der Waals surface area contributed by atoms with E-state index in [4.69, 9.17) is 12.2 Å². The van der Waals surface area contributed by atoms with Gasteiger partial charge in [0.25, 0.3) is 0 Å². The van der Waals surface area contributed by atoms with Gasteiger partial charge in [-0.2, -0.15) is 0 Å². The van der Waals surface area contributed by atoms with E-state index in [1.165, 1.54) is 16.2 Å². The third kappa shape index (κ3) is 6.20. The lowest BCUT2D eigenvalue weighted by atomic mass is 10.2. The SMILES string of the molecule is COC(=O)CCCNC(=S)Nc1ccc(C)c(I)c1. The van der Waals surface area contributed by atoms with E-state index in [0.29, 0.717) is 24.5 Å². The lowest BCUT2D eigenvalue weighted by Gasteiger charge is -2.11. The minimum absolute atomic E-state index is 0.200. The molecule has 0 heterocycles. The second-order valence-corrected chi connectivity index (χ2v) is 5.59. The average Bonchev–Trinajstić information content (AvgIpc) is 2.38. The van der Waals surface area contributed by atoms with E-state index in [1.54, 1.807) is 0 Å². The van der Waals surface area contributed by atoms with Crippen LogP contribution < -0.4 is 10.6 Å². The number of anilines is 1. The fourth-order valence-corrected chi connectivity index (χ4v) is 2.12. The molecule has 0 radical (unpaired) electrons. The summed E-state index contributed by atoms with van der Waals surface area (Å²) >= 11 is 7.47. The van der Waals surface area contributed by atoms with Gasteiger partial charge < -0.3 is 15.4 Å². The van der Waals surface area contributed by atoms with Crippen LogP contribution in [0.25, 0.3) is 0 Å². The molecular formula is C13H17IN2O2S. The topological polar surface area (TPSA) is 50.4 Å². The van der Waals surface area contributed by atoms with Crippen LogP contribution in [0, 0.1) is 10.5 Å². The van der Waals surface area contributed by atoms with E-state index in [1.807, 2.05) is 18.2 Å². The number of thiocarbonyl (C=S) groups is 1. The zero-order valence-corrected chi connectivity index (χ0v) is 13.9. The van der Waals surface area contributed by atoms with Crippen molar-refractivity contribution in [3.63, 3.8) is 0 Å². The van der Waals surface area contributed by atoms with Crippen LogP contribution in [0.3, 0.4) is 0 Å². The summed E-state index contributed by atoms with van der Waals surface area (Å²) in [5, 5.41) is 6.73. The number of ether oxygens (including phenoxy) is 1. The summed E-state index contributed by atoms with van der Waals surface area (Å²) in [6.45, 7) is 2.71. The van der Waals surface area contributed by atoms with Gasteiger partial charge in [0.2, 0.25) is 0 Å². The summed E-state index contributed by atoms with van der Waals surface area (Å²) in [4.78, 5) is 10.9. The number of carbonyl (C=O) groups is 1. The highest BCUT2D eigenvalue weighted by Crippen LogP contribution is 2.16. The zero-order chi connectivity index (χ0) is 14.3. The minimum atomic E-state index is -0.200. The Bertz CT molecular complexity index is 466. The van der Waals surface area contributed by atoms with E-state index in [-0.39, 0.29) is 5.97 Å². The second-order valence-electron chi connectivity index (χ2n) is 4.02. The molecule has 19 heavy (non-hydrogen) atoms. The summed E-state index contributed by atoms with van der Waals surface area (Å²) in [7, 11) is 1.39. The van der Waals surface area contributed by atoms with E-state index in [9.17, 15) is 4.79 Å². The maximum Gasteiger partial charge on any atom is 0.305 e. The molecule has 0 saturated heterocycles. The first-order valence-electron chi connectivity index (χ1n) is 5.90. The third-order valence-electron chi connectivity index (χ3n) is 2.50. The maximum absolute atomic E-state index is 10.9. The molecule has 0 aliphatic carbocycles. The van der Waals surface area contributed by atoms with Gasteiger partial charge in [0.15, 0.2) is 5.11 Å². The molecule has 0 spiro atoms. The van der Waals surface area contributed by atoms with Gasteiger partial charge in [-0.25, -0.2) is 0 Å². The number of halogens is 1. The third-order valence-corrected chi connectivity index (χ3v) is 3.91. The van der Waals surface area contributed by atoms with Crippen LogP contribution in [0.2, 0.25) is 0 Å². The molecule has 2 N–H and O–H groups in total. The van der Waals surface area contributed by atoms with Crippen LogP contribution >= 0.6 is 34.8 Å². The number of benzene rings is 1. The first-order chi connectivity index (χ1) is 9.02. The fourth-order valence-electron chi connectivity index (χ4n) is 1.38. The fraction of sp³-hybridized carbons (Fsp3) is 0.385. The van der Waals surface area contributed by atoms with Crippen molar-refractivity contribution < 1.29 is 9.53 Å². The summed E-state index contributed by atoms with van der Waals surface area (Å²) in [6.07, 6.45) is 1.09. The van der Waals surface area contributed by atoms with E-state index >= 15 is 0 Å². The zero-order valence-electron chi connectivity index (χ0n) is 11.0. The number of methoxy groups -OCH3 is 1. The summed E-state index contributed by atoms with van der Waals surface area (Å²) in [5.74, 6) is -0.200. The van der Waals surface area contributed by atoms with Crippen molar-refractivity contribution in [1.29, 1.82) is 0 Å². The lowest BCUT2D eigenvalue weighted by Crippen LogP contribution is -2.29. The Morgan fingerprint density at radius 3 is 2.84 bits per heavy atom. The lowest BCUT2D eigenvalue weighted by molar-refractivity contribution is -0.140. The quantitative estimate of drug-likeness (QED) is 0.349. The minimum Gasteiger partial charge on any atom is -0.469 e. The standard InChI is InChI=1S/C13H17IN2O2S/c1-9-5-6-10(8-11(9)14)16-13(19)15-7-3-4-12(17)18-2/h5-6,8H,3-4,7H2,1-2H3,(H2,15,16,19). The Hall–Kier alpha value is -0.890. The van der Waals surface area contributed by atoms with Crippen molar-refractivity contribution in [1.82, 2.24) is 5.32 Å². The van der Waals surface area contributed by atoms with Crippen molar-refractivity contribution in [2.45, 2.75) is 19.8 Å². The number of nitrogens with one attached hydrogen (secondary N) is 2. The first-order valence-corrected chi connectivity index (χ1v) is 7.39. The molecule has 0 amide bonds. The predicted octanol–water partition coefficient (Wildman–Crippen LogP) is 2.84. The molecule has 0 aromatic heterocycles. The highest BCUT2D eigenvalue weighted by atomic mass is 127. The number of hydrogen-bond donors (Lipinski definition) is 2. The smallest absolute Gasteiger partial charge is 0.305 e. The molecule has 1 aromatic rings. The monoisotopic (exact) mass is 392 g/mol. The summed E-state index contributed by atoms with van der Waals surface area (Å²) < 4.78 is 5.75. The van der Waals surface area contributed by atoms with Crippen LogP contribution in [-0.4, -0.2) is 24.7 Å². The van der Waals surface area contributed by atoms with Crippen LogP contribution in [0.15, 0.2) is 18.2 Å². The molecule has 104 valence electrons. The van der Waals surface area contributed by atoms with E-state index in [0.717, 1.165) is 5.69 Å². The molecule has 1 aromatic carbocycles. The Balaban J connectivity index is 2.31. The number of aryl methyl sites for hydroxylation is 1. The van der Waals surface area contributed by atoms with Gasteiger partial charge in [0, 0.05) is 22.2 Å². The van der Waals surface area contributed by atoms with Crippen LogP contribution in [0.5, 0.6) is 0 Å². The van der Waals surface area contributed by atoms with Crippen molar-refractivity contribution in [2.75, 3.05) is 19.0 Å². The highest BCUT2D eigenvalue weighted by Gasteiger charge is 2.02. The molecule has 0 fully saturated rings. The summed E-state index contributed by atoms with van der Waals surface area (Å²) in [5.41, 5.74) is 2.20. The van der Waals surface area contributed by atoms with Gasteiger partial charge in [-0.15, -0.1) is 0 Å². The molecule has 1 rings (SSSR count). The Kier molecular flexibility index (Phi) is 7.07. The Morgan fingerprint density at radius 2 is 2.21 bits per heavy atom. The van der Waals surface area contributed by atoms with Gasteiger partial charge >= 0.3 is 5.97 Å². The Labute approximate surface area is 132 Å². The van der Waals surface area contributed by atoms with Crippen molar-refractivity contribution >= 4 is 51.6 Å². The van der Waals surface area contributed by atoms with Crippen molar-refractivity contribution in [2.24, 2.45) is 0 Å². The van der Waals surface area contributed by atoms with Gasteiger partial charge in [0.1, 0.15) is 0 Å². The molecular weight excluding hydrogens is 375 g/mol. The largest absolute Gasteiger partial charge is 0.469 e. The normalized spacial score (nSPS) is 9.84. The van der Waals surface area contributed by atoms with E-state index in [2.05, 4.69) is 44.9 Å². The number of carbonyl (C=O) groups excluding carboxylic acids is 1. The number of rotatable bonds is 5. The summed E-state index contributed by atoms with van der Waals surface area (Å²) in [6, 6.07) is 6.07. The second kappa shape index (κ2) is 8.31. The molecule has 0 bridgehead atoms. The molecule has 6 heteroatoms. The molecule has 4 nitrogen and oxygen atoms in total. The predicted molar refractivity (Wildman–Crippen MR) is 89.4 cm³/mol. The van der Waals surface area contributed by atoms with Gasteiger partial charge in [-0.1, -0.05) is 6.07 Å². The first kappa shape index (κ1) is 16.2. The van der Waals surface area contributed by atoms with Gasteiger partial charge in [0.05, 0.1) is 7.11 Å². The maximum atomic E-state index is 10.9. The number of esters is 1. The van der Waals surface area contributed by atoms with Gasteiger partial charge in [-0.05, 0) is 65.8 Å². The number of hydrogen-bond acceptors (Lipinski definition) is 3. The van der Waals surface area contributed by atoms with Crippen LogP contribution in [0.1, 0.15) is 18.4 Å². The average molecular weight is 392 g/mol. The van der Waals surface area contributed by atoms with Crippen molar-refractivity contribution in [3.8, 4) is 0 Å². The molecule has 0 aliphatic heterocycles. The van der Waals surface area contributed by atoms with E-state index < -0.39 is 0 Å². The molecule has 0 saturated carbocycles. The van der Waals surface area contributed by atoms with Gasteiger partial charge in [-0.3, -0.25) is 4.79 Å². The Morgan fingerprint density at radius 1 is 1.47 bits per heavy atom. The molecule has 0 aliphatic rings. The molecule has 0 unspecified atom stereocenters. The van der Waals surface area contributed by atoms with Crippen LogP contribution in [-0.2, 0) is 9.53 Å². The van der Waals surface area contributed by atoms with Crippen LogP contribution in [0.4, 0.5) is 5.69 Å².